The summed E-state index contributed by atoms with van der Waals surface area (Å²) >= 11 is 3.38. The lowest BCUT2D eigenvalue weighted by Crippen LogP contribution is -2.21. The number of carbonyl (C=O) groups is 2. The molecule has 1 aliphatic heterocycles. The van der Waals surface area contributed by atoms with Gasteiger partial charge in [0.25, 0.3) is 0 Å². The normalized spacial score (nSPS) is 13.7. The molecule has 10 heteroatoms. The fourth-order valence-corrected chi connectivity index (χ4v) is 3.95. The predicted molar refractivity (Wildman–Crippen MR) is 139 cm³/mol. The molecule has 2 amide bonds. The summed E-state index contributed by atoms with van der Waals surface area (Å²) in [6, 6.07) is 16.7. The van der Waals surface area contributed by atoms with E-state index in [9.17, 15) is 14.7 Å². The minimum atomic E-state index is -0.914. The minimum absolute atomic E-state index is 0.0548. The van der Waals surface area contributed by atoms with Crippen LogP contribution in [0.1, 0.15) is 18.6 Å². The van der Waals surface area contributed by atoms with E-state index in [-0.39, 0.29) is 12.5 Å². The molecule has 3 aromatic rings. The number of phenols is 1. The van der Waals surface area contributed by atoms with E-state index in [4.69, 9.17) is 19.9 Å². The van der Waals surface area contributed by atoms with Crippen molar-refractivity contribution in [3.05, 3.63) is 82.9 Å². The molecule has 186 valence electrons. The Morgan fingerprint density at radius 1 is 1.08 bits per heavy atom. The lowest BCUT2D eigenvalue weighted by atomic mass is 9.96. The van der Waals surface area contributed by atoms with Gasteiger partial charge in [-0.15, -0.1) is 0 Å². The number of rotatable bonds is 7. The van der Waals surface area contributed by atoms with E-state index in [1.54, 1.807) is 67.6 Å². The Bertz CT molecular complexity index is 1310. The van der Waals surface area contributed by atoms with Crippen LogP contribution in [0.15, 0.2) is 77.3 Å². The zero-order valence-electron chi connectivity index (χ0n) is 19.2. The van der Waals surface area contributed by atoms with Crippen molar-refractivity contribution in [2.75, 3.05) is 23.2 Å². The number of halogens is 1. The number of hydrogen-bond acceptors (Lipinski definition) is 7. The fraction of sp³-hybridized carbons (Fsp3) is 0.154. The van der Waals surface area contributed by atoms with E-state index in [2.05, 4.69) is 26.6 Å². The molecule has 0 spiro atoms. The highest BCUT2D eigenvalue weighted by Gasteiger charge is 2.26. The van der Waals surface area contributed by atoms with Crippen LogP contribution >= 0.6 is 15.9 Å². The van der Waals surface area contributed by atoms with Gasteiger partial charge in [-0.2, -0.15) is 0 Å². The van der Waals surface area contributed by atoms with Crippen molar-refractivity contribution in [2.24, 2.45) is 5.92 Å². The van der Waals surface area contributed by atoms with Crippen LogP contribution in [0.5, 0.6) is 17.2 Å². The highest BCUT2D eigenvalue weighted by molar-refractivity contribution is 9.10. The molecule has 0 bridgehead atoms. The van der Waals surface area contributed by atoms with Crippen LogP contribution < -0.4 is 25.8 Å². The monoisotopic (exact) mass is 553 g/mol. The van der Waals surface area contributed by atoms with Gasteiger partial charge < -0.3 is 30.4 Å². The molecule has 1 aliphatic rings. The standard InChI is InChI=1S/C26H24BrN3O6/c1-15(6-11-24(32)30-20-5-3-2-4-19(20)28)25(18-12-16(27)7-9-21(18)31)36-26(33)29-17-8-10-22-23(13-17)35-14-34-22/h2-13,15,25,31H,14,28H2,1H3,(H,29,33)(H,30,32)/b11-6+/t15-,25-/m0/s1. The van der Waals surface area contributed by atoms with Crippen LogP contribution in [0.4, 0.5) is 21.9 Å². The molecule has 0 saturated carbocycles. The molecule has 0 saturated heterocycles. The Morgan fingerprint density at radius 2 is 1.86 bits per heavy atom. The number of fused-ring (bicyclic) bond motifs is 1. The number of para-hydroxylation sites is 2. The first-order valence-corrected chi connectivity index (χ1v) is 11.8. The Balaban J connectivity index is 1.50. The van der Waals surface area contributed by atoms with Gasteiger partial charge in [0.05, 0.1) is 11.4 Å². The second-order valence-electron chi connectivity index (χ2n) is 8.02. The maximum Gasteiger partial charge on any atom is 0.412 e. The zero-order chi connectivity index (χ0) is 25.7. The number of amides is 2. The second kappa shape index (κ2) is 11.0. The number of nitrogens with two attached hydrogens (primary N) is 1. The lowest BCUT2D eigenvalue weighted by molar-refractivity contribution is -0.111. The van der Waals surface area contributed by atoms with Gasteiger partial charge in [-0.25, -0.2) is 4.79 Å². The van der Waals surface area contributed by atoms with Crippen LogP contribution in [0.25, 0.3) is 0 Å². The first kappa shape index (κ1) is 24.9. The molecular formula is C26H24BrN3O6. The number of carbonyl (C=O) groups excluding carboxylic acids is 2. The summed E-state index contributed by atoms with van der Waals surface area (Å²) in [6.07, 6.45) is 1.26. The molecule has 3 aromatic carbocycles. The molecule has 0 aliphatic carbocycles. The van der Waals surface area contributed by atoms with Gasteiger partial charge >= 0.3 is 6.09 Å². The van der Waals surface area contributed by atoms with Crippen LogP contribution in [0.3, 0.4) is 0 Å². The highest BCUT2D eigenvalue weighted by atomic mass is 79.9. The highest BCUT2D eigenvalue weighted by Crippen LogP contribution is 2.37. The molecule has 36 heavy (non-hydrogen) atoms. The van der Waals surface area contributed by atoms with Crippen molar-refractivity contribution in [1.29, 1.82) is 0 Å². The first-order chi connectivity index (χ1) is 17.3. The number of nitrogens with one attached hydrogen (secondary N) is 2. The molecule has 0 radical (unpaired) electrons. The average molecular weight is 554 g/mol. The molecule has 9 nitrogen and oxygen atoms in total. The van der Waals surface area contributed by atoms with Crippen LogP contribution in [0, 0.1) is 5.92 Å². The summed E-state index contributed by atoms with van der Waals surface area (Å²) in [5, 5.41) is 15.9. The molecule has 0 fully saturated rings. The number of ether oxygens (including phenoxy) is 3. The van der Waals surface area contributed by atoms with Crippen molar-refractivity contribution in [2.45, 2.75) is 13.0 Å². The van der Waals surface area contributed by atoms with Gasteiger partial charge in [-0.1, -0.05) is 41.1 Å². The summed E-state index contributed by atoms with van der Waals surface area (Å²) in [4.78, 5) is 25.3. The Morgan fingerprint density at radius 3 is 2.67 bits per heavy atom. The average Bonchev–Trinajstić information content (AvgIpc) is 3.32. The predicted octanol–water partition coefficient (Wildman–Crippen LogP) is 5.59. The second-order valence-corrected chi connectivity index (χ2v) is 8.93. The minimum Gasteiger partial charge on any atom is -0.508 e. The van der Waals surface area contributed by atoms with Gasteiger partial charge in [-0.05, 0) is 48.5 Å². The largest absolute Gasteiger partial charge is 0.508 e. The Hall–Kier alpha value is -4.18. The molecule has 0 aromatic heterocycles. The smallest absolute Gasteiger partial charge is 0.412 e. The van der Waals surface area contributed by atoms with Crippen molar-refractivity contribution >= 4 is 45.0 Å². The third-order valence-electron chi connectivity index (χ3n) is 5.40. The third-order valence-corrected chi connectivity index (χ3v) is 5.89. The number of nitrogen functional groups attached to an aromatic ring is 1. The van der Waals surface area contributed by atoms with Crippen molar-refractivity contribution in [1.82, 2.24) is 0 Å². The number of anilines is 3. The molecule has 1 heterocycles. The zero-order valence-corrected chi connectivity index (χ0v) is 20.8. The van der Waals surface area contributed by atoms with Gasteiger partial charge in [0.2, 0.25) is 12.7 Å². The topological polar surface area (TPSA) is 132 Å². The van der Waals surface area contributed by atoms with Crippen molar-refractivity contribution in [3.63, 3.8) is 0 Å². The number of aromatic hydroxyl groups is 1. The molecule has 4 rings (SSSR count). The third kappa shape index (κ3) is 6.08. The van der Waals surface area contributed by atoms with E-state index < -0.39 is 24.0 Å². The summed E-state index contributed by atoms with van der Waals surface area (Å²) in [5.74, 6) is 0.143. The molecule has 5 N–H and O–H groups in total. The van der Waals surface area contributed by atoms with E-state index in [1.807, 2.05) is 0 Å². The van der Waals surface area contributed by atoms with Crippen molar-refractivity contribution in [3.8, 4) is 17.2 Å². The maximum atomic E-state index is 12.8. The quantitative estimate of drug-likeness (QED) is 0.221. The van der Waals surface area contributed by atoms with E-state index in [0.717, 1.165) is 0 Å². The van der Waals surface area contributed by atoms with Gasteiger partial charge in [0.15, 0.2) is 11.5 Å². The summed E-state index contributed by atoms with van der Waals surface area (Å²) in [7, 11) is 0. The van der Waals surface area contributed by atoms with E-state index in [1.165, 1.54) is 12.1 Å². The SMILES string of the molecule is C[C@@H](/C=C/C(=O)Nc1ccccc1N)[C@H](OC(=O)Nc1ccc2c(c1)OCO2)c1cc(Br)ccc1O. The van der Waals surface area contributed by atoms with Gasteiger partial charge in [0.1, 0.15) is 11.9 Å². The van der Waals surface area contributed by atoms with E-state index in [0.29, 0.717) is 38.6 Å². The van der Waals surface area contributed by atoms with Gasteiger partial charge in [0, 0.05) is 27.7 Å². The molecule has 2 atom stereocenters. The van der Waals surface area contributed by atoms with Crippen LogP contribution in [0.2, 0.25) is 0 Å². The van der Waals surface area contributed by atoms with Crippen LogP contribution in [-0.2, 0) is 9.53 Å². The van der Waals surface area contributed by atoms with E-state index >= 15 is 0 Å². The summed E-state index contributed by atoms with van der Waals surface area (Å²) in [5.41, 5.74) is 7.62. The molecule has 0 unspecified atom stereocenters. The lowest BCUT2D eigenvalue weighted by Gasteiger charge is -2.24. The van der Waals surface area contributed by atoms with Crippen molar-refractivity contribution < 1.29 is 28.9 Å². The van der Waals surface area contributed by atoms with Gasteiger partial charge in [-0.3, -0.25) is 10.1 Å². The molecular weight excluding hydrogens is 530 g/mol. The first-order valence-electron chi connectivity index (χ1n) is 11.0. The Kier molecular flexibility index (Phi) is 7.65. The summed E-state index contributed by atoms with van der Waals surface area (Å²) < 4.78 is 17.0. The van der Waals surface area contributed by atoms with Crippen LogP contribution in [-0.4, -0.2) is 23.9 Å². The number of hydrogen-bond donors (Lipinski definition) is 4. The maximum absolute atomic E-state index is 12.8. The number of benzene rings is 3. The number of phenolic OH excluding ortho intramolecular Hbond substituents is 1. The Labute approximate surface area is 216 Å². The fourth-order valence-electron chi connectivity index (χ4n) is 3.57. The summed E-state index contributed by atoms with van der Waals surface area (Å²) in [6.45, 7) is 1.88.